The molecule has 7 heteroatoms. The molecular weight excluding hydrogens is 348 g/mol. The lowest BCUT2D eigenvalue weighted by Gasteiger charge is -2.34. The minimum absolute atomic E-state index is 0.0253. The summed E-state index contributed by atoms with van der Waals surface area (Å²) in [6, 6.07) is 2.09. The van der Waals surface area contributed by atoms with E-state index in [0.717, 1.165) is 45.1 Å². The average molecular weight is 377 g/mol. The van der Waals surface area contributed by atoms with Crippen LogP contribution in [-0.2, 0) is 17.8 Å². The van der Waals surface area contributed by atoms with E-state index in [0.29, 0.717) is 19.5 Å². The molecule has 0 atom stereocenters. The molecule has 6 nitrogen and oxygen atoms in total. The predicted octanol–water partition coefficient (Wildman–Crippen LogP) is 1.76. The third-order valence-electron chi connectivity index (χ3n) is 5.65. The van der Waals surface area contributed by atoms with Gasteiger partial charge in [-0.15, -0.1) is 11.3 Å². The van der Waals surface area contributed by atoms with Gasteiger partial charge in [-0.05, 0) is 42.2 Å². The Morgan fingerprint density at radius 2 is 1.92 bits per heavy atom. The number of piperazine rings is 1. The van der Waals surface area contributed by atoms with Crippen LogP contribution < -0.4 is 5.32 Å². The fourth-order valence-electron chi connectivity index (χ4n) is 3.81. The fourth-order valence-corrected chi connectivity index (χ4v) is 4.70. The number of rotatable bonds is 5. The largest absolute Gasteiger partial charge is 0.338 e. The first-order valence-corrected chi connectivity index (χ1v) is 10.6. The van der Waals surface area contributed by atoms with Crippen LogP contribution in [0.15, 0.2) is 11.4 Å². The van der Waals surface area contributed by atoms with E-state index in [1.807, 2.05) is 9.80 Å². The quantitative estimate of drug-likeness (QED) is 0.852. The van der Waals surface area contributed by atoms with Crippen molar-refractivity contribution in [3.8, 4) is 0 Å². The Kier molecular flexibility index (Phi) is 5.45. The molecule has 0 bridgehead atoms. The van der Waals surface area contributed by atoms with E-state index in [1.54, 1.807) is 11.3 Å². The highest BCUT2D eigenvalue weighted by molar-refractivity contribution is 7.10. The summed E-state index contributed by atoms with van der Waals surface area (Å²) in [6.07, 6.45) is 4.09. The molecular formula is C19H28N4O2S. The zero-order valence-electron chi connectivity index (χ0n) is 15.3. The number of carbonyl (C=O) groups is 2. The van der Waals surface area contributed by atoms with Gasteiger partial charge in [0.25, 0.3) is 0 Å². The summed E-state index contributed by atoms with van der Waals surface area (Å²) >= 11 is 1.78. The minimum atomic E-state index is -0.0253. The maximum atomic E-state index is 12.4. The molecule has 142 valence electrons. The molecule has 0 unspecified atom stereocenters. The van der Waals surface area contributed by atoms with Crippen LogP contribution in [0, 0.1) is 5.92 Å². The van der Waals surface area contributed by atoms with Crippen molar-refractivity contribution in [3.63, 3.8) is 0 Å². The second-order valence-electron chi connectivity index (χ2n) is 7.65. The maximum absolute atomic E-state index is 12.4. The van der Waals surface area contributed by atoms with Gasteiger partial charge in [0.1, 0.15) is 0 Å². The highest BCUT2D eigenvalue weighted by Gasteiger charge is 2.27. The van der Waals surface area contributed by atoms with E-state index in [4.69, 9.17) is 0 Å². The van der Waals surface area contributed by atoms with Crippen molar-refractivity contribution in [3.05, 3.63) is 21.9 Å². The molecule has 1 aliphatic carbocycles. The van der Waals surface area contributed by atoms with Crippen LogP contribution in [0.5, 0.6) is 0 Å². The van der Waals surface area contributed by atoms with Gasteiger partial charge in [-0.3, -0.25) is 9.69 Å². The summed E-state index contributed by atoms with van der Waals surface area (Å²) in [5.41, 5.74) is 1.28. The van der Waals surface area contributed by atoms with Crippen molar-refractivity contribution in [2.75, 3.05) is 45.8 Å². The number of thiophene rings is 1. The lowest BCUT2D eigenvalue weighted by atomic mass is 10.1. The lowest BCUT2D eigenvalue weighted by Crippen LogP contribution is -2.52. The molecule has 2 aliphatic heterocycles. The van der Waals surface area contributed by atoms with E-state index in [9.17, 15) is 9.59 Å². The normalized spacial score (nSPS) is 20.8. The number of hydrogen-bond donors (Lipinski definition) is 1. The van der Waals surface area contributed by atoms with Crippen LogP contribution in [0.3, 0.4) is 0 Å². The van der Waals surface area contributed by atoms with E-state index < -0.39 is 0 Å². The molecule has 1 N–H and O–H groups in total. The molecule has 26 heavy (non-hydrogen) atoms. The predicted molar refractivity (Wildman–Crippen MR) is 102 cm³/mol. The first kappa shape index (κ1) is 17.8. The van der Waals surface area contributed by atoms with E-state index in [-0.39, 0.29) is 11.9 Å². The third kappa shape index (κ3) is 4.38. The Morgan fingerprint density at radius 1 is 1.12 bits per heavy atom. The van der Waals surface area contributed by atoms with Crippen LogP contribution in [0.4, 0.5) is 4.79 Å². The third-order valence-corrected chi connectivity index (χ3v) is 6.67. The molecule has 0 aromatic carbocycles. The Hall–Kier alpha value is -1.60. The van der Waals surface area contributed by atoms with Crippen LogP contribution in [0.2, 0.25) is 0 Å². The molecule has 1 aromatic rings. The Bertz CT molecular complexity index is 650. The Balaban J connectivity index is 1.14. The van der Waals surface area contributed by atoms with Crippen molar-refractivity contribution >= 4 is 23.3 Å². The molecule has 1 saturated carbocycles. The summed E-state index contributed by atoms with van der Waals surface area (Å²) in [6.45, 7) is 6.66. The molecule has 3 heterocycles. The topological polar surface area (TPSA) is 55.9 Å². The average Bonchev–Trinajstić information content (AvgIpc) is 3.34. The number of nitrogens with one attached hydrogen (secondary N) is 1. The summed E-state index contributed by atoms with van der Waals surface area (Å²) in [5, 5.41) is 5.03. The second-order valence-corrected chi connectivity index (χ2v) is 8.65. The van der Waals surface area contributed by atoms with Crippen LogP contribution in [-0.4, -0.2) is 72.5 Å². The molecule has 0 spiro atoms. The molecule has 3 amide bonds. The summed E-state index contributed by atoms with van der Waals surface area (Å²) in [7, 11) is 0. The molecule has 4 rings (SSSR count). The van der Waals surface area contributed by atoms with Crippen molar-refractivity contribution in [1.29, 1.82) is 0 Å². The molecule has 3 aliphatic rings. The van der Waals surface area contributed by atoms with Gasteiger partial charge in [-0.25, -0.2) is 4.79 Å². The first-order valence-electron chi connectivity index (χ1n) is 9.77. The van der Waals surface area contributed by atoms with Crippen molar-refractivity contribution in [2.45, 2.75) is 32.2 Å². The van der Waals surface area contributed by atoms with Gasteiger partial charge in [-0.1, -0.05) is 0 Å². The van der Waals surface area contributed by atoms with Gasteiger partial charge in [-0.2, -0.15) is 0 Å². The smallest absolute Gasteiger partial charge is 0.317 e. The van der Waals surface area contributed by atoms with Crippen LogP contribution in [0.25, 0.3) is 0 Å². The first-order chi connectivity index (χ1) is 12.7. The molecule has 2 fully saturated rings. The lowest BCUT2D eigenvalue weighted by molar-refractivity contribution is -0.131. The number of amides is 3. The molecule has 0 radical (unpaired) electrons. The van der Waals surface area contributed by atoms with Gasteiger partial charge in [0.15, 0.2) is 0 Å². The van der Waals surface area contributed by atoms with Gasteiger partial charge in [0.05, 0.1) is 0 Å². The van der Waals surface area contributed by atoms with E-state index in [2.05, 4.69) is 21.7 Å². The summed E-state index contributed by atoms with van der Waals surface area (Å²) in [4.78, 5) is 32.4. The maximum Gasteiger partial charge on any atom is 0.317 e. The SMILES string of the molecule is O=C(CCNC(=O)N1CCN(CC2CC2)CC1)N1CCc2sccc2C1. The highest BCUT2D eigenvalue weighted by atomic mass is 32.1. The second kappa shape index (κ2) is 7.96. The fraction of sp³-hybridized carbons (Fsp3) is 0.684. The van der Waals surface area contributed by atoms with E-state index >= 15 is 0 Å². The van der Waals surface area contributed by atoms with Crippen molar-refractivity contribution in [2.24, 2.45) is 5.92 Å². The number of hydrogen-bond acceptors (Lipinski definition) is 4. The van der Waals surface area contributed by atoms with E-state index in [1.165, 1.54) is 29.8 Å². The standard InChI is InChI=1S/C19H28N4O2S/c24-18(23-7-4-17-16(14-23)5-12-26-17)3-6-20-19(25)22-10-8-21(9-11-22)13-15-1-2-15/h5,12,15H,1-4,6-11,13-14H2,(H,20,25). The Morgan fingerprint density at radius 3 is 2.69 bits per heavy atom. The summed E-state index contributed by atoms with van der Waals surface area (Å²) in [5.74, 6) is 1.04. The molecule has 1 aromatic heterocycles. The monoisotopic (exact) mass is 376 g/mol. The summed E-state index contributed by atoms with van der Waals surface area (Å²) < 4.78 is 0. The number of urea groups is 1. The van der Waals surface area contributed by atoms with Crippen molar-refractivity contribution in [1.82, 2.24) is 20.0 Å². The van der Waals surface area contributed by atoms with Gasteiger partial charge in [0.2, 0.25) is 5.91 Å². The highest BCUT2D eigenvalue weighted by Crippen LogP contribution is 2.30. The van der Waals surface area contributed by atoms with Crippen LogP contribution in [0.1, 0.15) is 29.7 Å². The minimum Gasteiger partial charge on any atom is -0.338 e. The van der Waals surface area contributed by atoms with Gasteiger partial charge in [0, 0.05) is 63.7 Å². The number of nitrogens with zero attached hydrogens (tertiary/aromatic N) is 3. The van der Waals surface area contributed by atoms with Gasteiger partial charge < -0.3 is 15.1 Å². The zero-order valence-corrected chi connectivity index (χ0v) is 16.1. The number of carbonyl (C=O) groups excluding carboxylic acids is 2. The molecule has 1 saturated heterocycles. The van der Waals surface area contributed by atoms with Crippen molar-refractivity contribution < 1.29 is 9.59 Å². The van der Waals surface area contributed by atoms with Gasteiger partial charge >= 0.3 is 6.03 Å². The number of fused-ring (bicyclic) bond motifs is 1. The van der Waals surface area contributed by atoms with Crippen LogP contribution >= 0.6 is 11.3 Å². The zero-order chi connectivity index (χ0) is 17.9. The Labute approximate surface area is 159 Å².